The van der Waals surface area contributed by atoms with Crippen LogP contribution >= 0.6 is 23.5 Å². The normalized spacial score (nSPS) is 10.8. The Bertz CT molecular complexity index is 531. The predicted molar refractivity (Wildman–Crippen MR) is 97.2 cm³/mol. The molecule has 0 amide bonds. The smallest absolute Gasteiger partial charge is 0.305 e. The van der Waals surface area contributed by atoms with Crippen molar-refractivity contribution in [1.82, 2.24) is 4.41 Å². The Morgan fingerprint density at radius 1 is 1.29 bits per heavy atom. The van der Waals surface area contributed by atoms with Crippen molar-refractivity contribution in [3.05, 3.63) is 22.7 Å². The number of hydrazine groups is 1. The lowest BCUT2D eigenvalue weighted by Gasteiger charge is -2.17. The lowest BCUT2D eigenvalue weighted by molar-refractivity contribution is -0.143. The zero-order valence-electron chi connectivity index (χ0n) is 14.3. The molecule has 0 atom stereocenters. The van der Waals surface area contributed by atoms with E-state index < -0.39 is 0 Å². The number of benzene rings is 1. The number of carbonyl (C=O) groups is 1. The van der Waals surface area contributed by atoms with Crippen molar-refractivity contribution in [2.45, 2.75) is 31.9 Å². The van der Waals surface area contributed by atoms with Gasteiger partial charge in [0.1, 0.15) is 11.5 Å². The fourth-order valence-corrected chi connectivity index (χ4v) is 2.94. The first-order chi connectivity index (χ1) is 11.5. The van der Waals surface area contributed by atoms with Gasteiger partial charge in [0.05, 0.1) is 25.8 Å². The number of nitrogens with zero attached hydrogens (tertiary/aromatic N) is 1. The molecule has 0 saturated carbocycles. The predicted octanol–water partition coefficient (Wildman–Crippen LogP) is 3.41. The molecule has 2 N–H and O–H groups in total. The molecule has 0 unspecified atom stereocenters. The summed E-state index contributed by atoms with van der Waals surface area (Å²) in [7, 11) is 3.16. The minimum atomic E-state index is -0.181. The van der Waals surface area contributed by atoms with E-state index in [1.54, 1.807) is 24.7 Å². The molecule has 0 heterocycles. The molecule has 0 radical (unpaired) electrons. The number of hydrogen-bond donors (Lipinski definition) is 1. The highest BCUT2D eigenvalue weighted by Crippen LogP contribution is 2.34. The monoisotopic (exact) mass is 376 g/mol. The van der Waals surface area contributed by atoms with E-state index >= 15 is 0 Å². The fraction of sp³-hybridized carbons (Fsp3) is 0.562. The first-order valence-corrected chi connectivity index (χ1v) is 9.05. The highest BCUT2D eigenvalue weighted by molar-refractivity contribution is 7.96. The Morgan fingerprint density at radius 2 is 2.00 bits per heavy atom. The molecule has 24 heavy (non-hydrogen) atoms. The van der Waals surface area contributed by atoms with E-state index in [-0.39, 0.29) is 5.97 Å². The molecule has 0 aliphatic carbocycles. The van der Waals surface area contributed by atoms with Gasteiger partial charge in [0.15, 0.2) is 0 Å². The first-order valence-electron chi connectivity index (χ1n) is 7.73. The average molecular weight is 377 g/mol. The summed E-state index contributed by atoms with van der Waals surface area (Å²) in [5.41, 5.74) is 0.932. The minimum Gasteiger partial charge on any atom is -0.496 e. The standard InChI is InChI=1S/C16H25ClN2O4S/c1-4-8-23-16(20)6-5-7-19(18)24-11-12-9-15(22-3)13(17)10-14(12)21-2/h9-10H,4-8,11,18H2,1-3H3. The number of esters is 1. The zero-order chi connectivity index (χ0) is 17.9. The largest absolute Gasteiger partial charge is 0.496 e. The van der Waals surface area contributed by atoms with Crippen molar-refractivity contribution in [1.29, 1.82) is 0 Å². The molecule has 0 saturated heterocycles. The third kappa shape index (κ3) is 7.17. The maximum absolute atomic E-state index is 11.4. The molecule has 1 aromatic rings. The number of rotatable bonds is 11. The van der Waals surface area contributed by atoms with Crippen LogP contribution in [0.2, 0.25) is 5.02 Å². The van der Waals surface area contributed by atoms with Gasteiger partial charge in [0.25, 0.3) is 0 Å². The maximum Gasteiger partial charge on any atom is 0.305 e. The van der Waals surface area contributed by atoms with E-state index in [9.17, 15) is 4.79 Å². The van der Waals surface area contributed by atoms with E-state index in [1.165, 1.54) is 11.9 Å². The van der Waals surface area contributed by atoms with Crippen molar-refractivity contribution < 1.29 is 19.0 Å². The quantitative estimate of drug-likeness (QED) is 0.274. The van der Waals surface area contributed by atoms with Crippen LogP contribution in [0, 0.1) is 0 Å². The topological polar surface area (TPSA) is 74.0 Å². The Labute approximate surface area is 152 Å². The zero-order valence-corrected chi connectivity index (χ0v) is 15.9. The summed E-state index contributed by atoms with van der Waals surface area (Å²) < 4.78 is 17.2. The van der Waals surface area contributed by atoms with Gasteiger partial charge in [-0.05, 0) is 18.9 Å². The third-order valence-corrected chi connectivity index (χ3v) is 4.42. The lowest BCUT2D eigenvalue weighted by atomic mass is 10.2. The van der Waals surface area contributed by atoms with Gasteiger partial charge >= 0.3 is 5.97 Å². The number of halogens is 1. The summed E-state index contributed by atoms with van der Waals surface area (Å²) in [6.45, 7) is 3.02. The van der Waals surface area contributed by atoms with E-state index in [2.05, 4.69) is 0 Å². The summed E-state index contributed by atoms with van der Waals surface area (Å²) in [5, 5.41) is 0.498. The highest BCUT2D eigenvalue weighted by Gasteiger charge is 2.12. The van der Waals surface area contributed by atoms with Crippen LogP contribution in [0.1, 0.15) is 31.7 Å². The molecule has 136 valence electrons. The minimum absolute atomic E-state index is 0.181. The van der Waals surface area contributed by atoms with E-state index in [1.807, 2.05) is 13.0 Å². The van der Waals surface area contributed by atoms with Gasteiger partial charge in [0.2, 0.25) is 0 Å². The van der Waals surface area contributed by atoms with E-state index in [0.717, 1.165) is 12.0 Å². The van der Waals surface area contributed by atoms with E-state index in [4.69, 9.17) is 31.7 Å². The molecule has 0 aliphatic rings. The van der Waals surface area contributed by atoms with Gasteiger partial charge in [-0.2, -0.15) is 4.41 Å². The third-order valence-electron chi connectivity index (χ3n) is 3.17. The summed E-state index contributed by atoms with van der Waals surface area (Å²) in [6, 6.07) is 3.56. The highest BCUT2D eigenvalue weighted by atomic mass is 35.5. The summed E-state index contributed by atoms with van der Waals surface area (Å²) in [5.74, 6) is 7.65. The van der Waals surface area contributed by atoms with Crippen LogP contribution in [0.15, 0.2) is 12.1 Å². The fourth-order valence-electron chi connectivity index (χ4n) is 1.92. The van der Waals surface area contributed by atoms with Crippen LogP contribution in [0.3, 0.4) is 0 Å². The first kappa shape index (κ1) is 20.9. The van der Waals surface area contributed by atoms with Gasteiger partial charge in [-0.1, -0.05) is 30.5 Å². The molecule has 0 aliphatic heterocycles. The number of methoxy groups -OCH3 is 2. The second-order valence-electron chi connectivity index (χ2n) is 5.04. The van der Waals surface area contributed by atoms with Crippen LogP contribution in [-0.2, 0) is 15.3 Å². The molecule has 0 aromatic heterocycles. The van der Waals surface area contributed by atoms with Crippen molar-refractivity contribution >= 4 is 29.5 Å². The van der Waals surface area contributed by atoms with Crippen LogP contribution in [0.5, 0.6) is 11.5 Å². The van der Waals surface area contributed by atoms with Gasteiger partial charge in [0, 0.05) is 30.3 Å². The number of hydrogen-bond acceptors (Lipinski definition) is 7. The molecule has 1 rings (SSSR count). The SMILES string of the molecule is CCCOC(=O)CCCN(N)SCc1cc(OC)c(Cl)cc1OC. The number of ether oxygens (including phenoxy) is 3. The van der Waals surface area contributed by atoms with Crippen molar-refractivity contribution in [3.63, 3.8) is 0 Å². The second kappa shape index (κ2) is 11.4. The molecular weight excluding hydrogens is 352 g/mol. The van der Waals surface area contributed by atoms with Crippen LogP contribution in [0.25, 0.3) is 0 Å². The molecular formula is C16H25ClN2O4S. The van der Waals surface area contributed by atoms with Gasteiger partial charge in [-0.3, -0.25) is 10.6 Å². The van der Waals surface area contributed by atoms with Gasteiger partial charge in [-0.25, -0.2) is 0 Å². The molecule has 6 nitrogen and oxygen atoms in total. The second-order valence-corrected chi connectivity index (χ2v) is 6.46. The Kier molecular flexibility index (Phi) is 9.94. The van der Waals surface area contributed by atoms with Gasteiger partial charge < -0.3 is 14.2 Å². The van der Waals surface area contributed by atoms with E-state index in [0.29, 0.717) is 48.3 Å². The molecule has 1 aromatic carbocycles. The molecule has 8 heteroatoms. The number of nitrogens with two attached hydrogens (primary N) is 1. The average Bonchev–Trinajstić information content (AvgIpc) is 2.58. The van der Waals surface area contributed by atoms with Crippen LogP contribution in [-0.4, -0.2) is 37.8 Å². The number of carbonyl (C=O) groups excluding carboxylic acids is 1. The van der Waals surface area contributed by atoms with Crippen LogP contribution in [0.4, 0.5) is 0 Å². The van der Waals surface area contributed by atoms with Crippen LogP contribution < -0.4 is 15.3 Å². The van der Waals surface area contributed by atoms with Crippen molar-refractivity contribution in [2.24, 2.45) is 5.84 Å². The Hall–Kier alpha value is -1.15. The Morgan fingerprint density at radius 3 is 2.62 bits per heavy atom. The molecule has 0 fully saturated rings. The van der Waals surface area contributed by atoms with Crippen molar-refractivity contribution in [3.8, 4) is 11.5 Å². The van der Waals surface area contributed by atoms with Crippen molar-refractivity contribution in [2.75, 3.05) is 27.4 Å². The Balaban J connectivity index is 2.44. The summed E-state index contributed by atoms with van der Waals surface area (Å²) in [4.78, 5) is 11.4. The summed E-state index contributed by atoms with van der Waals surface area (Å²) in [6.07, 6.45) is 1.84. The lowest BCUT2D eigenvalue weighted by Crippen LogP contribution is -2.25. The maximum atomic E-state index is 11.4. The van der Waals surface area contributed by atoms with Gasteiger partial charge in [-0.15, -0.1) is 0 Å². The summed E-state index contributed by atoms with van der Waals surface area (Å²) >= 11 is 7.52. The molecule has 0 spiro atoms. The molecule has 0 bridgehead atoms.